The Morgan fingerprint density at radius 2 is 2.00 bits per heavy atom. The Bertz CT molecular complexity index is 555. The van der Waals surface area contributed by atoms with Crippen molar-refractivity contribution in [2.45, 2.75) is 6.92 Å². The molecule has 0 radical (unpaired) electrons. The van der Waals surface area contributed by atoms with Gasteiger partial charge >= 0.3 is 0 Å². The standard InChI is InChI=1S/C15H17N3O2/c1-12-3-4-14(17-11-12)18(9-10-20-2)15(19)13-5-7-16-8-6-13/h3-8,11H,9-10H2,1-2H3. The lowest BCUT2D eigenvalue weighted by Gasteiger charge is -2.21. The number of methoxy groups -OCH3 is 1. The van der Waals surface area contributed by atoms with Crippen molar-refractivity contribution in [2.24, 2.45) is 0 Å². The van der Waals surface area contributed by atoms with E-state index in [2.05, 4.69) is 9.97 Å². The Morgan fingerprint density at radius 3 is 2.60 bits per heavy atom. The number of rotatable bonds is 5. The molecule has 0 aliphatic carbocycles. The van der Waals surface area contributed by atoms with Gasteiger partial charge in [0.25, 0.3) is 5.91 Å². The maximum Gasteiger partial charge on any atom is 0.259 e. The molecule has 0 unspecified atom stereocenters. The van der Waals surface area contributed by atoms with Crippen molar-refractivity contribution >= 4 is 11.7 Å². The van der Waals surface area contributed by atoms with Crippen LogP contribution in [-0.4, -0.2) is 36.1 Å². The highest BCUT2D eigenvalue weighted by molar-refractivity contribution is 6.05. The number of nitrogens with zero attached hydrogens (tertiary/aromatic N) is 3. The Labute approximate surface area is 118 Å². The first-order chi connectivity index (χ1) is 9.72. The second kappa shape index (κ2) is 6.77. The summed E-state index contributed by atoms with van der Waals surface area (Å²) in [5, 5.41) is 0. The minimum absolute atomic E-state index is 0.110. The van der Waals surface area contributed by atoms with Gasteiger partial charge in [0, 0.05) is 31.3 Å². The van der Waals surface area contributed by atoms with E-state index in [1.165, 1.54) is 0 Å². The molecule has 0 saturated carbocycles. The number of hydrogen-bond donors (Lipinski definition) is 0. The van der Waals surface area contributed by atoms with Crippen LogP contribution >= 0.6 is 0 Å². The van der Waals surface area contributed by atoms with E-state index in [4.69, 9.17) is 4.74 Å². The lowest BCUT2D eigenvalue weighted by Crippen LogP contribution is -2.34. The van der Waals surface area contributed by atoms with Crippen LogP contribution in [0.15, 0.2) is 42.9 Å². The molecule has 2 heterocycles. The van der Waals surface area contributed by atoms with Gasteiger partial charge in [0.2, 0.25) is 0 Å². The highest BCUT2D eigenvalue weighted by atomic mass is 16.5. The second-order valence-electron chi connectivity index (χ2n) is 4.38. The summed E-state index contributed by atoms with van der Waals surface area (Å²) in [5.41, 5.74) is 1.63. The van der Waals surface area contributed by atoms with Crippen LogP contribution in [0.4, 0.5) is 5.82 Å². The van der Waals surface area contributed by atoms with Crippen LogP contribution in [0.3, 0.4) is 0 Å². The third-order valence-corrected chi connectivity index (χ3v) is 2.86. The monoisotopic (exact) mass is 271 g/mol. The van der Waals surface area contributed by atoms with Gasteiger partial charge in [-0.3, -0.25) is 14.7 Å². The topological polar surface area (TPSA) is 55.3 Å². The third kappa shape index (κ3) is 3.39. The number of hydrogen-bond acceptors (Lipinski definition) is 4. The van der Waals surface area contributed by atoms with Crippen molar-refractivity contribution in [1.82, 2.24) is 9.97 Å². The first-order valence-electron chi connectivity index (χ1n) is 6.36. The molecule has 0 atom stereocenters. The Hall–Kier alpha value is -2.27. The number of pyridine rings is 2. The fourth-order valence-corrected chi connectivity index (χ4v) is 1.77. The van der Waals surface area contributed by atoms with Gasteiger partial charge in [0.15, 0.2) is 0 Å². The molecular weight excluding hydrogens is 254 g/mol. The highest BCUT2D eigenvalue weighted by Gasteiger charge is 2.18. The molecule has 1 amide bonds. The molecular formula is C15H17N3O2. The molecule has 0 aliphatic heterocycles. The summed E-state index contributed by atoms with van der Waals surface area (Å²) >= 11 is 0. The van der Waals surface area contributed by atoms with Gasteiger partial charge in [-0.2, -0.15) is 0 Å². The molecule has 0 bridgehead atoms. The van der Waals surface area contributed by atoms with Crippen molar-refractivity contribution in [3.8, 4) is 0 Å². The largest absolute Gasteiger partial charge is 0.383 e. The van der Waals surface area contributed by atoms with Crippen LogP contribution in [0.25, 0.3) is 0 Å². The fourth-order valence-electron chi connectivity index (χ4n) is 1.77. The molecule has 0 N–H and O–H groups in total. The van der Waals surface area contributed by atoms with E-state index in [-0.39, 0.29) is 5.91 Å². The van der Waals surface area contributed by atoms with Gasteiger partial charge in [-0.05, 0) is 30.7 Å². The summed E-state index contributed by atoms with van der Waals surface area (Å²) in [6.07, 6.45) is 4.95. The zero-order valence-corrected chi connectivity index (χ0v) is 11.6. The summed E-state index contributed by atoms with van der Waals surface area (Å²) in [7, 11) is 1.61. The third-order valence-electron chi connectivity index (χ3n) is 2.86. The van der Waals surface area contributed by atoms with E-state index in [1.54, 1.807) is 42.7 Å². The molecule has 0 aromatic carbocycles. The van der Waals surface area contributed by atoms with Crippen LogP contribution in [-0.2, 0) is 4.74 Å². The molecule has 5 heteroatoms. The van der Waals surface area contributed by atoms with Gasteiger partial charge in [0.05, 0.1) is 13.2 Å². The number of carbonyl (C=O) groups is 1. The number of ether oxygens (including phenoxy) is 1. The molecule has 2 rings (SSSR count). The smallest absolute Gasteiger partial charge is 0.259 e. The van der Waals surface area contributed by atoms with E-state index >= 15 is 0 Å². The molecule has 0 saturated heterocycles. The van der Waals surface area contributed by atoms with Gasteiger partial charge < -0.3 is 4.74 Å². The highest BCUT2D eigenvalue weighted by Crippen LogP contribution is 2.14. The number of amides is 1. The van der Waals surface area contributed by atoms with Crippen molar-refractivity contribution in [3.63, 3.8) is 0 Å². The fraction of sp³-hybridized carbons (Fsp3) is 0.267. The number of aromatic nitrogens is 2. The van der Waals surface area contributed by atoms with E-state index in [9.17, 15) is 4.79 Å². The van der Waals surface area contributed by atoms with Gasteiger partial charge in [-0.1, -0.05) is 6.07 Å². The summed E-state index contributed by atoms with van der Waals surface area (Å²) in [4.78, 5) is 22.4. The number of anilines is 1. The Kier molecular flexibility index (Phi) is 4.79. The predicted octanol–water partition coefficient (Wildman–Crippen LogP) is 2.08. The molecule has 104 valence electrons. The normalized spacial score (nSPS) is 10.3. The summed E-state index contributed by atoms with van der Waals surface area (Å²) in [6.45, 7) is 2.86. The summed E-state index contributed by atoms with van der Waals surface area (Å²) in [6, 6.07) is 7.15. The van der Waals surface area contributed by atoms with Crippen molar-refractivity contribution in [2.75, 3.05) is 25.2 Å². The summed E-state index contributed by atoms with van der Waals surface area (Å²) < 4.78 is 5.07. The molecule has 2 aromatic rings. The molecule has 0 spiro atoms. The van der Waals surface area contributed by atoms with Crippen LogP contribution in [0.2, 0.25) is 0 Å². The molecule has 20 heavy (non-hydrogen) atoms. The minimum Gasteiger partial charge on any atom is -0.383 e. The zero-order chi connectivity index (χ0) is 14.4. The Morgan fingerprint density at radius 1 is 1.25 bits per heavy atom. The van der Waals surface area contributed by atoms with Gasteiger partial charge in [0.1, 0.15) is 5.82 Å². The molecule has 0 fully saturated rings. The number of carbonyl (C=O) groups excluding carboxylic acids is 1. The SMILES string of the molecule is COCCN(C(=O)c1ccncc1)c1ccc(C)cn1. The maximum absolute atomic E-state index is 12.5. The molecule has 2 aromatic heterocycles. The van der Waals surface area contributed by atoms with Crippen molar-refractivity contribution in [3.05, 3.63) is 54.0 Å². The zero-order valence-electron chi connectivity index (χ0n) is 11.6. The number of aryl methyl sites for hydroxylation is 1. The van der Waals surface area contributed by atoms with Crippen LogP contribution in [0, 0.1) is 6.92 Å². The van der Waals surface area contributed by atoms with E-state index in [0.29, 0.717) is 24.5 Å². The van der Waals surface area contributed by atoms with Gasteiger partial charge in [-0.25, -0.2) is 4.98 Å². The van der Waals surface area contributed by atoms with E-state index < -0.39 is 0 Å². The van der Waals surface area contributed by atoms with Crippen LogP contribution in [0.1, 0.15) is 15.9 Å². The quantitative estimate of drug-likeness (QED) is 0.835. The van der Waals surface area contributed by atoms with Crippen LogP contribution < -0.4 is 4.90 Å². The van der Waals surface area contributed by atoms with E-state index in [1.807, 2.05) is 19.1 Å². The molecule has 5 nitrogen and oxygen atoms in total. The average Bonchev–Trinajstić information content (AvgIpc) is 2.50. The minimum atomic E-state index is -0.110. The first-order valence-corrected chi connectivity index (χ1v) is 6.36. The molecule has 0 aliphatic rings. The van der Waals surface area contributed by atoms with Crippen molar-refractivity contribution < 1.29 is 9.53 Å². The Balaban J connectivity index is 2.27. The lowest BCUT2D eigenvalue weighted by atomic mass is 10.2. The maximum atomic E-state index is 12.5. The van der Waals surface area contributed by atoms with Crippen LogP contribution in [0.5, 0.6) is 0 Å². The predicted molar refractivity (Wildman–Crippen MR) is 76.8 cm³/mol. The first kappa shape index (κ1) is 14.1. The average molecular weight is 271 g/mol. The second-order valence-corrected chi connectivity index (χ2v) is 4.38. The summed E-state index contributed by atoms with van der Waals surface area (Å²) in [5.74, 6) is 0.510. The lowest BCUT2D eigenvalue weighted by molar-refractivity contribution is 0.0975. The van der Waals surface area contributed by atoms with E-state index in [0.717, 1.165) is 5.56 Å². The van der Waals surface area contributed by atoms with Crippen molar-refractivity contribution in [1.29, 1.82) is 0 Å². The van der Waals surface area contributed by atoms with Gasteiger partial charge in [-0.15, -0.1) is 0 Å².